The van der Waals surface area contributed by atoms with Gasteiger partial charge in [-0.3, -0.25) is 9.78 Å². The van der Waals surface area contributed by atoms with Crippen LogP contribution in [0.1, 0.15) is 21.6 Å². The summed E-state index contributed by atoms with van der Waals surface area (Å²) >= 11 is 0. The number of alkyl halides is 5. The van der Waals surface area contributed by atoms with Gasteiger partial charge in [-0.25, -0.2) is 4.98 Å². The Morgan fingerprint density at radius 2 is 1.86 bits per heavy atom. The molecular formula is C24H21F5N4O3. The van der Waals surface area contributed by atoms with Gasteiger partial charge < -0.3 is 19.7 Å². The summed E-state index contributed by atoms with van der Waals surface area (Å²) in [5.41, 5.74) is 1.11. The van der Waals surface area contributed by atoms with Gasteiger partial charge in [-0.05, 0) is 37.3 Å². The summed E-state index contributed by atoms with van der Waals surface area (Å²) in [6.07, 6.45) is -1.86. The summed E-state index contributed by atoms with van der Waals surface area (Å²) in [7, 11) is 0. The third-order valence-electron chi connectivity index (χ3n) is 5.49. The van der Waals surface area contributed by atoms with Crippen LogP contribution in [0.3, 0.4) is 0 Å². The fourth-order valence-electron chi connectivity index (χ4n) is 3.73. The van der Waals surface area contributed by atoms with Gasteiger partial charge in [0.05, 0.1) is 30.7 Å². The lowest BCUT2D eigenvalue weighted by Gasteiger charge is -2.30. The van der Waals surface area contributed by atoms with Crippen LogP contribution in [0.15, 0.2) is 48.8 Å². The first-order valence-electron chi connectivity index (χ1n) is 10.8. The van der Waals surface area contributed by atoms with Crippen molar-refractivity contribution in [3.8, 4) is 17.0 Å². The van der Waals surface area contributed by atoms with Gasteiger partial charge in [0, 0.05) is 41.7 Å². The highest BCUT2D eigenvalue weighted by molar-refractivity contribution is 6.04. The van der Waals surface area contributed by atoms with Gasteiger partial charge >= 0.3 is 12.8 Å². The summed E-state index contributed by atoms with van der Waals surface area (Å²) in [5, 5.41) is 2.55. The Kier molecular flexibility index (Phi) is 7.34. The van der Waals surface area contributed by atoms with Crippen molar-refractivity contribution < 1.29 is 36.2 Å². The van der Waals surface area contributed by atoms with E-state index in [0.29, 0.717) is 48.8 Å². The van der Waals surface area contributed by atoms with E-state index >= 15 is 0 Å². The van der Waals surface area contributed by atoms with Crippen LogP contribution in [-0.4, -0.2) is 48.8 Å². The van der Waals surface area contributed by atoms with Crippen molar-refractivity contribution in [2.24, 2.45) is 0 Å². The molecule has 12 heteroatoms. The van der Waals surface area contributed by atoms with Crippen molar-refractivity contribution in [2.75, 3.05) is 36.5 Å². The Labute approximate surface area is 202 Å². The van der Waals surface area contributed by atoms with Crippen LogP contribution in [0.5, 0.6) is 5.88 Å². The second-order valence-electron chi connectivity index (χ2n) is 7.92. The number of aryl methyl sites for hydroxylation is 1. The number of hydrogen-bond donors (Lipinski definition) is 1. The molecule has 0 aliphatic carbocycles. The van der Waals surface area contributed by atoms with E-state index in [-0.39, 0.29) is 17.1 Å². The smallest absolute Gasteiger partial charge is 0.415 e. The van der Waals surface area contributed by atoms with Crippen molar-refractivity contribution in [3.63, 3.8) is 0 Å². The number of nitrogens with zero attached hydrogens (tertiary/aromatic N) is 3. The molecule has 1 aliphatic heterocycles. The van der Waals surface area contributed by atoms with Gasteiger partial charge in [0.25, 0.3) is 5.91 Å². The zero-order valence-corrected chi connectivity index (χ0v) is 19.0. The molecule has 0 radical (unpaired) electrons. The Balaban J connectivity index is 1.64. The highest BCUT2D eigenvalue weighted by atomic mass is 19.4. The molecule has 1 fully saturated rings. The van der Waals surface area contributed by atoms with E-state index in [0.717, 1.165) is 18.2 Å². The molecule has 0 unspecified atom stereocenters. The number of morpholine rings is 1. The first kappa shape index (κ1) is 25.3. The standard InChI is InChI=1S/C24H21F5N4O3/c1-14-19(16-10-20(33-5-7-35-8-6-33)22(31-12-16)36-23(25)26)11-18(13-30-14)32-21(34)15-3-2-4-17(9-15)24(27,28)29/h2-4,9-13,23H,5-8H2,1H3,(H,32,34). The molecule has 36 heavy (non-hydrogen) atoms. The molecule has 0 spiro atoms. The lowest BCUT2D eigenvalue weighted by molar-refractivity contribution is -0.137. The predicted octanol–water partition coefficient (Wildman–Crippen LogP) is 5.16. The average Bonchev–Trinajstić information content (AvgIpc) is 2.85. The molecule has 0 saturated carbocycles. The summed E-state index contributed by atoms with van der Waals surface area (Å²) in [6.45, 7) is 0.392. The Morgan fingerprint density at radius 1 is 1.11 bits per heavy atom. The maximum atomic E-state index is 13.0. The van der Waals surface area contributed by atoms with Gasteiger partial charge in [0.1, 0.15) is 5.69 Å². The number of pyridine rings is 2. The molecule has 3 heterocycles. The van der Waals surface area contributed by atoms with Crippen molar-refractivity contribution in [1.82, 2.24) is 9.97 Å². The molecule has 1 saturated heterocycles. The highest BCUT2D eigenvalue weighted by Gasteiger charge is 2.31. The lowest BCUT2D eigenvalue weighted by Crippen LogP contribution is -2.36. The van der Waals surface area contributed by atoms with Crippen LogP contribution in [0.4, 0.5) is 33.3 Å². The third kappa shape index (κ3) is 5.88. The molecule has 1 aromatic carbocycles. The molecule has 7 nitrogen and oxygen atoms in total. The molecule has 3 aromatic rings. The number of aromatic nitrogens is 2. The summed E-state index contributed by atoms with van der Waals surface area (Å²) in [5.74, 6) is -0.971. The Morgan fingerprint density at radius 3 is 2.56 bits per heavy atom. The molecule has 0 atom stereocenters. The summed E-state index contributed by atoms with van der Waals surface area (Å²) < 4.78 is 74.8. The van der Waals surface area contributed by atoms with Gasteiger partial charge in [-0.15, -0.1) is 0 Å². The summed E-state index contributed by atoms with van der Waals surface area (Å²) in [4.78, 5) is 22.8. The number of rotatable bonds is 6. The topological polar surface area (TPSA) is 76.6 Å². The van der Waals surface area contributed by atoms with E-state index in [2.05, 4.69) is 20.0 Å². The van der Waals surface area contributed by atoms with Crippen molar-refractivity contribution in [2.45, 2.75) is 19.7 Å². The molecule has 2 aromatic heterocycles. The minimum Gasteiger partial charge on any atom is -0.415 e. The fraction of sp³-hybridized carbons (Fsp3) is 0.292. The molecule has 4 rings (SSSR count). The SMILES string of the molecule is Cc1ncc(NC(=O)c2cccc(C(F)(F)F)c2)cc1-c1cnc(OC(F)F)c(N2CCOCC2)c1. The van der Waals surface area contributed by atoms with Crippen LogP contribution in [0, 0.1) is 6.92 Å². The van der Waals surface area contributed by atoms with Crippen molar-refractivity contribution in [3.05, 3.63) is 65.6 Å². The van der Waals surface area contributed by atoms with Gasteiger partial charge in [0.2, 0.25) is 5.88 Å². The van der Waals surface area contributed by atoms with Crippen LogP contribution < -0.4 is 15.0 Å². The molecule has 1 N–H and O–H groups in total. The number of hydrogen-bond acceptors (Lipinski definition) is 6. The Bertz CT molecular complexity index is 1250. The van der Waals surface area contributed by atoms with Gasteiger partial charge in [0.15, 0.2) is 0 Å². The normalized spacial score (nSPS) is 14.1. The first-order chi connectivity index (χ1) is 17.1. The van der Waals surface area contributed by atoms with E-state index in [4.69, 9.17) is 4.74 Å². The maximum Gasteiger partial charge on any atom is 0.416 e. The Hall–Kier alpha value is -3.80. The van der Waals surface area contributed by atoms with Crippen LogP contribution >= 0.6 is 0 Å². The number of amides is 1. The van der Waals surface area contributed by atoms with Crippen molar-refractivity contribution >= 4 is 17.3 Å². The largest absolute Gasteiger partial charge is 0.416 e. The minimum absolute atomic E-state index is 0.170. The fourth-order valence-corrected chi connectivity index (χ4v) is 3.73. The number of benzene rings is 1. The molecular weight excluding hydrogens is 487 g/mol. The number of halogens is 5. The zero-order chi connectivity index (χ0) is 25.9. The van der Waals surface area contributed by atoms with E-state index in [9.17, 15) is 26.7 Å². The second kappa shape index (κ2) is 10.4. The second-order valence-corrected chi connectivity index (χ2v) is 7.92. The molecule has 1 amide bonds. The van der Waals surface area contributed by atoms with E-state index in [1.54, 1.807) is 19.1 Å². The monoisotopic (exact) mass is 508 g/mol. The number of ether oxygens (including phenoxy) is 2. The lowest BCUT2D eigenvalue weighted by atomic mass is 10.0. The number of carbonyl (C=O) groups is 1. The number of nitrogens with one attached hydrogen (secondary N) is 1. The average molecular weight is 508 g/mol. The van der Waals surface area contributed by atoms with Crippen LogP contribution in [0.2, 0.25) is 0 Å². The van der Waals surface area contributed by atoms with Crippen LogP contribution in [-0.2, 0) is 10.9 Å². The van der Waals surface area contributed by atoms with Gasteiger partial charge in [-0.2, -0.15) is 22.0 Å². The predicted molar refractivity (Wildman–Crippen MR) is 121 cm³/mol. The van der Waals surface area contributed by atoms with Crippen molar-refractivity contribution in [1.29, 1.82) is 0 Å². The van der Waals surface area contributed by atoms with E-state index in [1.807, 2.05) is 4.90 Å². The van der Waals surface area contributed by atoms with E-state index < -0.39 is 24.3 Å². The first-order valence-corrected chi connectivity index (χ1v) is 10.8. The molecule has 1 aliphatic rings. The quantitative estimate of drug-likeness (QED) is 0.464. The maximum absolute atomic E-state index is 13.0. The molecule has 0 bridgehead atoms. The number of carbonyl (C=O) groups excluding carboxylic acids is 1. The molecule has 190 valence electrons. The third-order valence-corrected chi connectivity index (χ3v) is 5.49. The highest BCUT2D eigenvalue weighted by Crippen LogP contribution is 2.34. The zero-order valence-electron chi connectivity index (χ0n) is 19.0. The number of anilines is 2. The van der Waals surface area contributed by atoms with Crippen LogP contribution in [0.25, 0.3) is 11.1 Å². The van der Waals surface area contributed by atoms with Gasteiger partial charge in [-0.1, -0.05) is 6.07 Å². The summed E-state index contributed by atoms with van der Waals surface area (Å²) in [6, 6.07) is 7.28. The van der Waals surface area contributed by atoms with E-state index in [1.165, 1.54) is 18.5 Å². The minimum atomic E-state index is -4.58.